The molecule has 0 aromatic heterocycles. The second-order valence-corrected chi connectivity index (χ2v) is 4.22. The molecule has 3 rings (SSSR count). The highest BCUT2D eigenvalue weighted by molar-refractivity contribution is 5.38. The van der Waals surface area contributed by atoms with Gasteiger partial charge in [-0.3, -0.25) is 0 Å². The van der Waals surface area contributed by atoms with Crippen LogP contribution in [0.15, 0.2) is 23.8 Å². The summed E-state index contributed by atoms with van der Waals surface area (Å²) in [7, 11) is 0. The quantitative estimate of drug-likeness (QED) is 0.499. The molecule has 1 fully saturated rings. The van der Waals surface area contributed by atoms with Crippen molar-refractivity contribution in [2.24, 2.45) is 17.8 Å². The zero-order valence-electron chi connectivity index (χ0n) is 6.84. The van der Waals surface area contributed by atoms with Gasteiger partial charge >= 0.3 is 0 Å². The van der Waals surface area contributed by atoms with Crippen molar-refractivity contribution in [2.75, 3.05) is 0 Å². The lowest BCUT2D eigenvalue weighted by Gasteiger charge is -2.31. The molecule has 3 unspecified atom stereocenters. The lowest BCUT2D eigenvalue weighted by atomic mass is 9.74. The Morgan fingerprint density at radius 1 is 1.18 bits per heavy atom. The van der Waals surface area contributed by atoms with Crippen molar-refractivity contribution >= 4 is 0 Å². The van der Waals surface area contributed by atoms with Gasteiger partial charge in [0.1, 0.15) is 0 Å². The van der Waals surface area contributed by atoms with E-state index < -0.39 is 0 Å². The standard InChI is InChI=1S/C11H14/c1-2-7-5-8-6-11(7)10-4-3-9(8)10/h2,7-8,11H,1,3-6H2. The smallest absolute Gasteiger partial charge is 0.0132 e. The third-order valence-electron chi connectivity index (χ3n) is 3.93. The summed E-state index contributed by atoms with van der Waals surface area (Å²) in [6.07, 6.45) is 7.93. The summed E-state index contributed by atoms with van der Waals surface area (Å²) in [5, 5.41) is 0. The molecular formula is C11H14. The maximum atomic E-state index is 3.92. The van der Waals surface area contributed by atoms with Gasteiger partial charge in [-0.1, -0.05) is 17.2 Å². The van der Waals surface area contributed by atoms with E-state index in [-0.39, 0.29) is 0 Å². The summed E-state index contributed by atoms with van der Waals surface area (Å²) < 4.78 is 0. The molecular weight excluding hydrogens is 132 g/mol. The van der Waals surface area contributed by atoms with Gasteiger partial charge in [0, 0.05) is 0 Å². The van der Waals surface area contributed by atoms with Crippen LogP contribution in [0.25, 0.3) is 0 Å². The van der Waals surface area contributed by atoms with Crippen LogP contribution >= 0.6 is 0 Å². The predicted octanol–water partition coefficient (Wildman–Crippen LogP) is 2.92. The Bertz CT molecular complexity index is 247. The average molecular weight is 146 g/mol. The van der Waals surface area contributed by atoms with Gasteiger partial charge in [0.05, 0.1) is 0 Å². The fourth-order valence-electron chi connectivity index (χ4n) is 3.32. The normalized spacial score (nSPS) is 45.6. The molecule has 0 amide bonds. The molecule has 0 aromatic rings. The first kappa shape index (κ1) is 6.05. The summed E-state index contributed by atoms with van der Waals surface area (Å²) >= 11 is 0. The largest absolute Gasteiger partial charge is 0.103 e. The van der Waals surface area contributed by atoms with E-state index in [4.69, 9.17) is 0 Å². The zero-order chi connectivity index (χ0) is 7.42. The van der Waals surface area contributed by atoms with E-state index in [0.717, 1.165) is 17.8 Å². The van der Waals surface area contributed by atoms with E-state index in [1.54, 1.807) is 0 Å². The minimum absolute atomic E-state index is 0.846. The minimum Gasteiger partial charge on any atom is -0.103 e. The van der Waals surface area contributed by atoms with Gasteiger partial charge in [0.25, 0.3) is 0 Å². The Kier molecular flexibility index (Phi) is 0.988. The van der Waals surface area contributed by atoms with Gasteiger partial charge < -0.3 is 0 Å². The minimum atomic E-state index is 0.846. The fraction of sp³-hybridized carbons (Fsp3) is 0.636. The first-order valence-corrected chi connectivity index (χ1v) is 4.74. The lowest BCUT2D eigenvalue weighted by molar-refractivity contribution is 0.464. The molecule has 3 aliphatic rings. The summed E-state index contributed by atoms with van der Waals surface area (Å²) in [4.78, 5) is 0. The van der Waals surface area contributed by atoms with Gasteiger partial charge in [0.2, 0.25) is 0 Å². The molecule has 11 heavy (non-hydrogen) atoms. The number of hydrogen-bond acceptors (Lipinski definition) is 0. The number of hydrogen-bond donors (Lipinski definition) is 0. The van der Waals surface area contributed by atoms with Crippen LogP contribution in [-0.4, -0.2) is 0 Å². The van der Waals surface area contributed by atoms with E-state index in [1.807, 2.05) is 11.1 Å². The summed E-state index contributed by atoms with van der Waals surface area (Å²) in [5.74, 6) is 2.78. The first-order valence-electron chi connectivity index (χ1n) is 4.74. The predicted molar refractivity (Wildman–Crippen MR) is 46.2 cm³/mol. The first-order chi connectivity index (χ1) is 5.40. The maximum absolute atomic E-state index is 3.92. The number of fused-ring (bicyclic) bond motifs is 4. The van der Waals surface area contributed by atoms with Gasteiger partial charge in [-0.05, 0) is 43.4 Å². The topological polar surface area (TPSA) is 0 Å². The Hall–Kier alpha value is -0.520. The highest BCUT2D eigenvalue weighted by Crippen LogP contribution is 2.59. The summed E-state index contributed by atoms with van der Waals surface area (Å²) in [5.41, 5.74) is 3.69. The van der Waals surface area contributed by atoms with Crippen LogP contribution < -0.4 is 0 Å². The van der Waals surface area contributed by atoms with Crippen molar-refractivity contribution in [3.8, 4) is 0 Å². The van der Waals surface area contributed by atoms with Gasteiger partial charge in [-0.25, -0.2) is 0 Å². The van der Waals surface area contributed by atoms with Crippen molar-refractivity contribution in [2.45, 2.75) is 25.7 Å². The average Bonchev–Trinajstić information content (AvgIpc) is 2.38. The van der Waals surface area contributed by atoms with E-state index >= 15 is 0 Å². The van der Waals surface area contributed by atoms with Gasteiger partial charge in [-0.2, -0.15) is 0 Å². The Labute approximate surface area is 68.0 Å². The molecule has 0 spiro atoms. The molecule has 1 saturated carbocycles. The molecule has 58 valence electrons. The van der Waals surface area contributed by atoms with Crippen LogP contribution in [0.4, 0.5) is 0 Å². The summed E-state index contributed by atoms with van der Waals surface area (Å²) in [6, 6.07) is 0. The fourth-order valence-corrected chi connectivity index (χ4v) is 3.32. The van der Waals surface area contributed by atoms with Crippen molar-refractivity contribution in [1.82, 2.24) is 0 Å². The van der Waals surface area contributed by atoms with Crippen molar-refractivity contribution in [3.05, 3.63) is 23.8 Å². The van der Waals surface area contributed by atoms with Crippen LogP contribution in [0.5, 0.6) is 0 Å². The van der Waals surface area contributed by atoms with E-state index in [2.05, 4.69) is 12.7 Å². The molecule has 3 atom stereocenters. The maximum Gasteiger partial charge on any atom is -0.0132 e. The Morgan fingerprint density at radius 3 is 2.55 bits per heavy atom. The Morgan fingerprint density at radius 2 is 2.00 bits per heavy atom. The molecule has 2 bridgehead atoms. The highest BCUT2D eigenvalue weighted by atomic mass is 14.5. The zero-order valence-corrected chi connectivity index (χ0v) is 6.84. The molecule has 0 heterocycles. The molecule has 0 heteroatoms. The second kappa shape index (κ2) is 1.80. The SMILES string of the molecule is C=CC1CC2CC1C1=C2CC1. The van der Waals surface area contributed by atoms with Gasteiger partial charge in [-0.15, -0.1) is 6.58 Å². The number of allylic oxidation sites excluding steroid dienone is 3. The van der Waals surface area contributed by atoms with Crippen LogP contribution in [0, 0.1) is 17.8 Å². The molecule has 0 nitrogen and oxygen atoms in total. The second-order valence-electron chi connectivity index (χ2n) is 4.22. The van der Waals surface area contributed by atoms with Crippen molar-refractivity contribution < 1.29 is 0 Å². The summed E-state index contributed by atoms with van der Waals surface area (Å²) in [6.45, 7) is 3.92. The molecule has 0 aromatic carbocycles. The van der Waals surface area contributed by atoms with E-state index in [1.165, 1.54) is 25.7 Å². The van der Waals surface area contributed by atoms with Crippen molar-refractivity contribution in [3.63, 3.8) is 0 Å². The third kappa shape index (κ3) is 0.571. The van der Waals surface area contributed by atoms with Crippen LogP contribution in [0.3, 0.4) is 0 Å². The molecule has 0 aliphatic heterocycles. The lowest BCUT2D eigenvalue weighted by Crippen LogP contribution is -2.18. The van der Waals surface area contributed by atoms with Crippen LogP contribution in [0.2, 0.25) is 0 Å². The van der Waals surface area contributed by atoms with Crippen LogP contribution in [-0.2, 0) is 0 Å². The highest BCUT2D eigenvalue weighted by Gasteiger charge is 2.46. The molecule has 3 aliphatic carbocycles. The van der Waals surface area contributed by atoms with Gasteiger partial charge in [0.15, 0.2) is 0 Å². The molecule has 0 N–H and O–H groups in total. The Balaban J connectivity index is 2.00. The van der Waals surface area contributed by atoms with Crippen LogP contribution in [0.1, 0.15) is 25.7 Å². The number of rotatable bonds is 1. The van der Waals surface area contributed by atoms with E-state index in [0.29, 0.717) is 0 Å². The molecule has 0 radical (unpaired) electrons. The molecule has 0 saturated heterocycles. The third-order valence-corrected chi connectivity index (χ3v) is 3.93. The monoisotopic (exact) mass is 146 g/mol. The van der Waals surface area contributed by atoms with E-state index in [9.17, 15) is 0 Å². The van der Waals surface area contributed by atoms with Crippen molar-refractivity contribution in [1.29, 1.82) is 0 Å².